The van der Waals surface area contributed by atoms with E-state index in [0.29, 0.717) is 5.56 Å². The summed E-state index contributed by atoms with van der Waals surface area (Å²) in [6.07, 6.45) is -2.06. The van der Waals surface area contributed by atoms with Crippen LogP contribution in [0.25, 0.3) is 17.2 Å². The minimum atomic E-state index is -4.50. The molecule has 4 aromatic rings. The number of hydrogen-bond acceptors (Lipinski definition) is 4. The fraction of sp³-hybridized carbons (Fsp3) is 0.147. The summed E-state index contributed by atoms with van der Waals surface area (Å²) in [5.41, 5.74) is 8.19. The van der Waals surface area contributed by atoms with E-state index in [1.54, 1.807) is 23.9 Å². The van der Waals surface area contributed by atoms with E-state index in [-0.39, 0.29) is 17.7 Å². The highest BCUT2D eigenvalue weighted by Gasteiger charge is 2.30. The van der Waals surface area contributed by atoms with Gasteiger partial charge < -0.3 is 16.2 Å². The van der Waals surface area contributed by atoms with Crippen LogP contribution in [0.2, 0.25) is 0 Å². The molecule has 0 heterocycles. The number of thioether (sulfide) groups is 1. The fourth-order valence-electron chi connectivity index (χ4n) is 3.83. The first-order valence-corrected chi connectivity index (χ1v) is 14.7. The van der Waals surface area contributed by atoms with Crippen LogP contribution in [0, 0.1) is 0 Å². The van der Waals surface area contributed by atoms with Gasteiger partial charge in [0, 0.05) is 17.7 Å². The van der Waals surface area contributed by atoms with Gasteiger partial charge in [0.2, 0.25) is 0 Å². The monoisotopic (exact) mass is 620 g/mol. The van der Waals surface area contributed by atoms with Gasteiger partial charge in [0.05, 0.1) is 5.56 Å². The summed E-state index contributed by atoms with van der Waals surface area (Å²) in [4.78, 5) is 34.3. The number of carbonyl (C=O) groups excluding carboxylic acids is 2. The Hall–Kier alpha value is -4.83. The molecule has 2 amide bonds. The van der Waals surface area contributed by atoms with Crippen LogP contribution < -0.4 is 11.1 Å². The largest absolute Gasteiger partial charge is 0.481 e. The lowest BCUT2D eigenvalue weighted by Crippen LogP contribution is -2.31. The van der Waals surface area contributed by atoms with Crippen LogP contribution in [-0.4, -0.2) is 28.6 Å². The highest BCUT2D eigenvalue weighted by atomic mass is 32.2. The van der Waals surface area contributed by atoms with Crippen molar-refractivity contribution in [1.29, 1.82) is 0 Å². The van der Waals surface area contributed by atoms with Gasteiger partial charge in [0.1, 0.15) is 5.70 Å². The number of alkyl halides is 3. The third-order valence-corrected chi connectivity index (χ3v) is 7.22. The Bertz CT molecular complexity index is 1540. The molecule has 0 aromatic heterocycles. The van der Waals surface area contributed by atoms with Crippen molar-refractivity contribution in [3.8, 4) is 11.1 Å². The molecule has 0 aliphatic carbocycles. The second kappa shape index (κ2) is 16.7. The Morgan fingerprint density at radius 1 is 0.795 bits per heavy atom. The van der Waals surface area contributed by atoms with E-state index in [2.05, 4.69) is 17.4 Å². The van der Waals surface area contributed by atoms with Crippen LogP contribution in [0.3, 0.4) is 0 Å². The average molecular weight is 621 g/mol. The number of nitrogens with one attached hydrogen (secondary N) is 1. The summed E-state index contributed by atoms with van der Waals surface area (Å²) in [5.74, 6) is -0.427. The van der Waals surface area contributed by atoms with Crippen molar-refractivity contribution < 1.29 is 32.7 Å². The smallest absolute Gasteiger partial charge is 0.416 e. The van der Waals surface area contributed by atoms with Crippen molar-refractivity contribution in [3.05, 3.63) is 137 Å². The van der Waals surface area contributed by atoms with Crippen molar-refractivity contribution in [2.45, 2.75) is 24.8 Å². The zero-order chi connectivity index (χ0) is 32.0. The van der Waals surface area contributed by atoms with E-state index in [0.717, 1.165) is 53.3 Å². The molecule has 4 N–H and O–H groups in total. The predicted molar refractivity (Wildman–Crippen MR) is 167 cm³/mol. The minimum Gasteiger partial charge on any atom is -0.481 e. The van der Waals surface area contributed by atoms with Crippen molar-refractivity contribution in [2.75, 3.05) is 5.75 Å². The molecule has 0 fully saturated rings. The van der Waals surface area contributed by atoms with E-state index in [1.807, 2.05) is 60.7 Å². The lowest BCUT2D eigenvalue weighted by atomic mass is 10.0. The first-order valence-electron chi connectivity index (χ1n) is 13.5. The number of nitrogens with two attached hydrogens (primary N) is 1. The maximum Gasteiger partial charge on any atom is 0.416 e. The van der Waals surface area contributed by atoms with Crippen LogP contribution in [0.1, 0.15) is 39.9 Å². The minimum absolute atomic E-state index is 0.0328. The number of rotatable bonds is 11. The Labute approximate surface area is 257 Å². The highest BCUT2D eigenvalue weighted by molar-refractivity contribution is 7.98. The SMILES string of the molecule is NC(=O)/C(=C\c1ccc(-c2ccccc2)cc1)NC(=O)c1ccc(C(F)(F)F)cc1.O=C(O)CCCSCc1ccccc1. The van der Waals surface area contributed by atoms with Gasteiger partial charge in [-0.1, -0.05) is 84.9 Å². The van der Waals surface area contributed by atoms with Crippen LogP contribution >= 0.6 is 11.8 Å². The normalized spacial score (nSPS) is 11.2. The molecule has 4 aromatic carbocycles. The van der Waals surface area contributed by atoms with Gasteiger partial charge in [0.25, 0.3) is 11.8 Å². The lowest BCUT2D eigenvalue weighted by molar-refractivity contribution is -0.138. The van der Waals surface area contributed by atoms with Gasteiger partial charge in [-0.05, 0) is 64.8 Å². The number of amides is 2. The Morgan fingerprint density at radius 3 is 1.91 bits per heavy atom. The molecule has 10 heteroatoms. The van der Waals surface area contributed by atoms with Crippen molar-refractivity contribution in [2.24, 2.45) is 5.73 Å². The third-order valence-electron chi connectivity index (χ3n) is 6.11. The van der Waals surface area contributed by atoms with Crippen molar-refractivity contribution in [1.82, 2.24) is 5.32 Å². The molecule has 0 spiro atoms. The molecule has 0 bridgehead atoms. The van der Waals surface area contributed by atoms with Gasteiger partial charge in [-0.3, -0.25) is 14.4 Å². The predicted octanol–water partition coefficient (Wildman–Crippen LogP) is 7.41. The zero-order valence-electron chi connectivity index (χ0n) is 23.6. The van der Waals surface area contributed by atoms with Gasteiger partial charge in [-0.2, -0.15) is 24.9 Å². The molecule has 0 unspecified atom stereocenters. The summed E-state index contributed by atoms with van der Waals surface area (Å²) in [6, 6.07) is 30.8. The first-order chi connectivity index (χ1) is 21.0. The molecule has 0 radical (unpaired) electrons. The fourth-order valence-corrected chi connectivity index (χ4v) is 4.75. The van der Waals surface area contributed by atoms with E-state index < -0.39 is 29.5 Å². The summed E-state index contributed by atoms with van der Waals surface area (Å²) >= 11 is 1.78. The standard InChI is InChI=1S/C23H17F3N2O2.C11H14O2S/c24-23(25,26)19-12-10-18(11-13-19)22(30)28-20(21(27)29)14-15-6-8-17(9-7-15)16-4-2-1-3-5-16;12-11(13)7-4-8-14-9-10-5-2-1-3-6-10/h1-14H,(H2,27,29)(H,28,30);1-3,5-6H,4,7-9H2,(H,12,13)/b20-14+;. The second-order valence-corrected chi connectivity index (χ2v) is 10.6. The molecule has 6 nitrogen and oxygen atoms in total. The number of carbonyl (C=O) groups is 3. The van der Waals surface area contributed by atoms with E-state index in [1.165, 1.54) is 11.6 Å². The zero-order valence-corrected chi connectivity index (χ0v) is 24.4. The molecular weight excluding hydrogens is 589 g/mol. The topological polar surface area (TPSA) is 109 Å². The Balaban J connectivity index is 0.000000317. The van der Waals surface area contributed by atoms with Gasteiger partial charge in [-0.15, -0.1) is 0 Å². The molecule has 0 atom stereocenters. The van der Waals surface area contributed by atoms with Crippen LogP contribution in [0.4, 0.5) is 13.2 Å². The van der Waals surface area contributed by atoms with Crippen molar-refractivity contribution >= 4 is 35.6 Å². The summed E-state index contributed by atoms with van der Waals surface area (Å²) in [7, 11) is 0. The maximum absolute atomic E-state index is 12.6. The summed E-state index contributed by atoms with van der Waals surface area (Å²) < 4.78 is 37.9. The molecule has 0 aliphatic heterocycles. The number of primary amides is 1. The number of hydrogen-bond donors (Lipinski definition) is 3. The molecule has 0 aliphatic rings. The van der Waals surface area contributed by atoms with Crippen LogP contribution in [0.15, 0.2) is 115 Å². The van der Waals surface area contributed by atoms with E-state index in [4.69, 9.17) is 10.8 Å². The Kier molecular flexibility index (Phi) is 12.8. The van der Waals surface area contributed by atoms with Gasteiger partial charge in [-0.25, -0.2) is 0 Å². The molecule has 0 saturated heterocycles. The van der Waals surface area contributed by atoms with E-state index in [9.17, 15) is 27.6 Å². The average Bonchev–Trinajstić information content (AvgIpc) is 3.01. The number of carboxylic acids is 1. The lowest BCUT2D eigenvalue weighted by Gasteiger charge is -2.09. The molecule has 4 rings (SSSR count). The quantitative estimate of drug-likeness (QED) is 0.120. The first kappa shape index (κ1) is 33.7. The third kappa shape index (κ3) is 11.4. The second-order valence-electron chi connectivity index (χ2n) is 9.48. The van der Waals surface area contributed by atoms with Crippen LogP contribution in [-0.2, 0) is 21.5 Å². The summed E-state index contributed by atoms with van der Waals surface area (Å²) in [5, 5.41) is 10.8. The molecule has 228 valence electrons. The van der Waals surface area contributed by atoms with Gasteiger partial charge in [0.15, 0.2) is 0 Å². The summed E-state index contributed by atoms with van der Waals surface area (Å²) in [6.45, 7) is 0. The number of benzene rings is 4. The number of halogens is 3. The van der Waals surface area contributed by atoms with Crippen LogP contribution in [0.5, 0.6) is 0 Å². The van der Waals surface area contributed by atoms with E-state index >= 15 is 0 Å². The number of carboxylic acid groups (broad SMARTS) is 1. The van der Waals surface area contributed by atoms with Gasteiger partial charge >= 0.3 is 12.1 Å². The Morgan fingerprint density at radius 2 is 1.36 bits per heavy atom. The molecule has 0 saturated carbocycles. The molecular formula is C34H31F3N2O4S. The van der Waals surface area contributed by atoms with Crippen molar-refractivity contribution in [3.63, 3.8) is 0 Å². The maximum atomic E-state index is 12.6. The highest BCUT2D eigenvalue weighted by Crippen LogP contribution is 2.29. The number of aliphatic carboxylic acids is 1. The molecule has 44 heavy (non-hydrogen) atoms.